The SMILES string of the molecule is Cc1nc(C)n(C[C@H]2CCCN2CCOc2ccccc2F)n1. The number of nitrogens with zero attached hydrogens (tertiary/aromatic N) is 4. The summed E-state index contributed by atoms with van der Waals surface area (Å²) < 4.78 is 21.1. The van der Waals surface area contributed by atoms with Crippen molar-refractivity contribution in [2.45, 2.75) is 39.3 Å². The Balaban J connectivity index is 1.53. The molecule has 0 unspecified atom stereocenters. The van der Waals surface area contributed by atoms with Gasteiger partial charge in [0.05, 0.1) is 6.54 Å². The van der Waals surface area contributed by atoms with Crippen LogP contribution in [0.4, 0.5) is 4.39 Å². The van der Waals surface area contributed by atoms with Gasteiger partial charge in [0.1, 0.15) is 18.3 Å². The number of rotatable bonds is 6. The van der Waals surface area contributed by atoms with Gasteiger partial charge in [-0.25, -0.2) is 14.1 Å². The number of likely N-dealkylation sites (tertiary alicyclic amines) is 1. The number of aryl methyl sites for hydroxylation is 2. The zero-order valence-electron chi connectivity index (χ0n) is 13.7. The van der Waals surface area contributed by atoms with E-state index in [1.54, 1.807) is 18.2 Å². The molecule has 0 saturated carbocycles. The number of aromatic nitrogens is 3. The Labute approximate surface area is 136 Å². The van der Waals surface area contributed by atoms with E-state index in [1.165, 1.54) is 12.5 Å². The summed E-state index contributed by atoms with van der Waals surface area (Å²) in [4.78, 5) is 6.76. The number of halogens is 1. The Morgan fingerprint density at radius 1 is 1.30 bits per heavy atom. The molecule has 0 amide bonds. The second-order valence-electron chi connectivity index (χ2n) is 6.00. The standard InChI is InChI=1S/C17H23FN4O/c1-13-19-14(2)22(20-13)12-15-6-5-9-21(15)10-11-23-17-8-4-3-7-16(17)18/h3-4,7-8,15H,5-6,9-12H2,1-2H3/t15-/m1/s1. The fraction of sp³-hybridized carbons (Fsp3) is 0.529. The van der Waals surface area contributed by atoms with E-state index in [0.29, 0.717) is 18.4 Å². The highest BCUT2D eigenvalue weighted by Gasteiger charge is 2.25. The van der Waals surface area contributed by atoms with Gasteiger partial charge in [0.2, 0.25) is 0 Å². The molecular weight excluding hydrogens is 295 g/mol. The number of ether oxygens (including phenoxy) is 1. The molecule has 0 N–H and O–H groups in total. The predicted molar refractivity (Wildman–Crippen MR) is 86.0 cm³/mol. The maximum Gasteiger partial charge on any atom is 0.165 e. The van der Waals surface area contributed by atoms with Gasteiger partial charge in [-0.15, -0.1) is 0 Å². The van der Waals surface area contributed by atoms with E-state index in [9.17, 15) is 4.39 Å². The van der Waals surface area contributed by atoms with Crippen LogP contribution in [0.3, 0.4) is 0 Å². The molecule has 1 aliphatic rings. The first-order chi connectivity index (χ1) is 11.1. The fourth-order valence-electron chi connectivity index (χ4n) is 3.16. The molecular formula is C17H23FN4O. The highest BCUT2D eigenvalue weighted by molar-refractivity contribution is 5.23. The average molecular weight is 318 g/mol. The van der Waals surface area contributed by atoms with Crippen LogP contribution in [0, 0.1) is 19.7 Å². The summed E-state index contributed by atoms with van der Waals surface area (Å²) in [5, 5.41) is 4.45. The molecule has 1 aromatic heterocycles. The van der Waals surface area contributed by atoms with Crippen LogP contribution >= 0.6 is 0 Å². The van der Waals surface area contributed by atoms with Gasteiger partial charge in [0.15, 0.2) is 11.6 Å². The van der Waals surface area contributed by atoms with Gasteiger partial charge in [0, 0.05) is 12.6 Å². The van der Waals surface area contributed by atoms with Gasteiger partial charge >= 0.3 is 0 Å². The van der Waals surface area contributed by atoms with E-state index in [-0.39, 0.29) is 5.82 Å². The van der Waals surface area contributed by atoms with Crippen molar-refractivity contribution in [2.75, 3.05) is 19.7 Å². The summed E-state index contributed by atoms with van der Waals surface area (Å²) in [6.45, 7) is 7.10. The second kappa shape index (κ2) is 7.08. The molecule has 23 heavy (non-hydrogen) atoms. The normalized spacial score (nSPS) is 18.5. The lowest BCUT2D eigenvalue weighted by Gasteiger charge is -2.24. The van der Waals surface area contributed by atoms with E-state index < -0.39 is 0 Å². The van der Waals surface area contributed by atoms with Gasteiger partial charge in [-0.05, 0) is 45.4 Å². The maximum atomic E-state index is 13.5. The molecule has 1 aromatic carbocycles. The molecule has 0 bridgehead atoms. The van der Waals surface area contributed by atoms with Crippen LogP contribution in [0.1, 0.15) is 24.5 Å². The molecule has 2 heterocycles. The third kappa shape index (κ3) is 3.88. The molecule has 5 nitrogen and oxygen atoms in total. The van der Waals surface area contributed by atoms with Crippen LogP contribution in [0.5, 0.6) is 5.75 Å². The Bertz CT molecular complexity index is 658. The molecule has 124 valence electrons. The average Bonchev–Trinajstić information content (AvgIpc) is 3.08. The van der Waals surface area contributed by atoms with Gasteiger partial charge < -0.3 is 4.74 Å². The minimum absolute atomic E-state index is 0.306. The first-order valence-electron chi connectivity index (χ1n) is 8.13. The first-order valence-corrected chi connectivity index (χ1v) is 8.13. The lowest BCUT2D eigenvalue weighted by Crippen LogP contribution is -2.36. The van der Waals surface area contributed by atoms with Gasteiger partial charge in [-0.3, -0.25) is 4.90 Å². The third-order valence-corrected chi connectivity index (χ3v) is 4.32. The molecule has 2 aromatic rings. The Kier molecular flexibility index (Phi) is 4.91. The van der Waals surface area contributed by atoms with Crippen LogP contribution in [0.2, 0.25) is 0 Å². The molecule has 1 saturated heterocycles. The molecule has 3 rings (SSSR count). The van der Waals surface area contributed by atoms with Crippen LogP contribution in [-0.2, 0) is 6.54 Å². The summed E-state index contributed by atoms with van der Waals surface area (Å²) >= 11 is 0. The number of para-hydroxylation sites is 1. The number of hydrogen-bond donors (Lipinski definition) is 0. The molecule has 0 spiro atoms. The van der Waals surface area contributed by atoms with E-state index in [2.05, 4.69) is 15.0 Å². The van der Waals surface area contributed by atoms with Crippen LogP contribution in [-0.4, -0.2) is 45.4 Å². The summed E-state index contributed by atoms with van der Waals surface area (Å²) in [5.74, 6) is 1.79. The minimum atomic E-state index is -0.306. The minimum Gasteiger partial charge on any atom is -0.489 e. The first kappa shape index (κ1) is 15.9. The molecule has 1 atom stereocenters. The number of benzene rings is 1. The number of hydrogen-bond acceptors (Lipinski definition) is 4. The van der Waals surface area contributed by atoms with Crippen molar-refractivity contribution in [1.82, 2.24) is 19.7 Å². The summed E-state index contributed by atoms with van der Waals surface area (Å²) in [6, 6.07) is 6.98. The van der Waals surface area contributed by atoms with Crippen molar-refractivity contribution >= 4 is 0 Å². The lowest BCUT2D eigenvalue weighted by molar-refractivity contribution is 0.178. The van der Waals surface area contributed by atoms with Gasteiger partial charge in [0.25, 0.3) is 0 Å². The van der Waals surface area contributed by atoms with Crippen molar-refractivity contribution < 1.29 is 9.13 Å². The topological polar surface area (TPSA) is 43.2 Å². The van der Waals surface area contributed by atoms with Crippen molar-refractivity contribution in [3.05, 3.63) is 41.7 Å². The molecule has 0 aliphatic carbocycles. The zero-order chi connectivity index (χ0) is 16.2. The summed E-state index contributed by atoms with van der Waals surface area (Å²) in [5.41, 5.74) is 0. The van der Waals surface area contributed by atoms with Crippen molar-refractivity contribution in [3.63, 3.8) is 0 Å². The molecule has 0 radical (unpaired) electrons. The largest absolute Gasteiger partial charge is 0.489 e. The molecule has 1 fully saturated rings. The van der Waals surface area contributed by atoms with Crippen LogP contribution in [0.15, 0.2) is 24.3 Å². The zero-order valence-corrected chi connectivity index (χ0v) is 13.7. The maximum absolute atomic E-state index is 13.5. The van der Waals surface area contributed by atoms with E-state index in [4.69, 9.17) is 4.74 Å². The summed E-state index contributed by atoms with van der Waals surface area (Å²) in [7, 11) is 0. The van der Waals surface area contributed by atoms with Crippen molar-refractivity contribution in [2.24, 2.45) is 0 Å². The molecule has 1 aliphatic heterocycles. The van der Waals surface area contributed by atoms with E-state index >= 15 is 0 Å². The highest BCUT2D eigenvalue weighted by Crippen LogP contribution is 2.20. The quantitative estimate of drug-likeness (QED) is 0.821. The van der Waals surface area contributed by atoms with E-state index in [0.717, 1.165) is 37.7 Å². The smallest absolute Gasteiger partial charge is 0.165 e. The van der Waals surface area contributed by atoms with E-state index in [1.807, 2.05) is 18.5 Å². The Morgan fingerprint density at radius 2 is 2.13 bits per heavy atom. The Hall–Kier alpha value is -1.95. The summed E-state index contributed by atoms with van der Waals surface area (Å²) in [6.07, 6.45) is 2.33. The predicted octanol–water partition coefficient (Wildman–Crippen LogP) is 2.58. The van der Waals surface area contributed by atoms with Crippen molar-refractivity contribution in [3.8, 4) is 5.75 Å². The second-order valence-corrected chi connectivity index (χ2v) is 6.00. The van der Waals surface area contributed by atoms with Crippen LogP contribution in [0.25, 0.3) is 0 Å². The van der Waals surface area contributed by atoms with Gasteiger partial charge in [-0.1, -0.05) is 12.1 Å². The van der Waals surface area contributed by atoms with Crippen LogP contribution < -0.4 is 4.74 Å². The fourth-order valence-corrected chi connectivity index (χ4v) is 3.16. The highest BCUT2D eigenvalue weighted by atomic mass is 19.1. The lowest BCUT2D eigenvalue weighted by atomic mass is 10.2. The third-order valence-electron chi connectivity index (χ3n) is 4.32. The molecule has 6 heteroatoms. The monoisotopic (exact) mass is 318 g/mol. The Morgan fingerprint density at radius 3 is 2.87 bits per heavy atom. The van der Waals surface area contributed by atoms with Crippen molar-refractivity contribution in [1.29, 1.82) is 0 Å². The van der Waals surface area contributed by atoms with Gasteiger partial charge in [-0.2, -0.15) is 5.10 Å².